The largest absolute Gasteiger partial charge is 0.353 e. The topological polar surface area (TPSA) is 41.0 Å². The lowest BCUT2D eigenvalue weighted by molar-refractivity contribution is 0.264. The van der Waals surface area contributed by atoms with Crippen LogP contribution in [0, 0.1) is 0 Å². The summed E-state index contributed by atoms with van der Waals surface area (Å²) < 4.78 is 0. The summed E-state index contributed by atoms with van der Waals surface area (Å²) in [7, 11) is 0. The Bertz CT molecular complexity index is 573. The van der Waals surface area contributed by atoms with Gasteiger partial charge in [0.2, 0.25) is 5.95 Å². The molecule has 0 fully saturated rings. The second-order valence-electron chi connectivity index (χ2n) is 4.90. The number of nitrogens with zero attached hydrogens (tertiary/aromatic N) is 3. The van der Waals surface area contributed by atoms with Crippen molar-refractivity contribution < 1.29 is 0 Å². The number of rotatable bonds is 4. The second-order valence-corrected chi connectivity index (χ2v) is 5.31. The fourth-order valence-corrected chi connectivity index (χ4v) is 2.82. The molecule has 1 aliphatic heterocycles. The van der Waals surface area contributed by atoms with Crippen molar-refractivity contribution >= 4 is 17.5 Å². The van der Waals surface area contributed by atoms with E-state index in [-0.39, 0.29) is 0 Å². The third kappa shape index (κ3) is 3.08. The van der Waals surface area contributed by atoms with Crippen molar-refractivity contribution in [3.63, 3.8) is 0 Å². The van der Waals surface area contributed by atoms with Crippen LogP contribution in [0.3, 0.4) is 0 Å². The van der Waals surface area contributed by atoms with E-state index in [0.717, 1.165) is 37.6 Å². The molecular formula is C15H17ClN4. The average molecular weight is 289 g/mol. The molecule has 0 unspecified atom stereocenters. The zero-order valence-electron chi connectivity index (χ0n) is 11.2. The number of nitrogens with one attached hydrogen (secondary N) is 1. The molecule has 0 radical (unpaired) electrons. The molecule has 0 atom stereocenters. The number of fused-ring (bicyclic) bond motifs is 1. The molecule has 0 spiro atoms. The van der Waals surface area contributed by atoms with Crippen LogP contribution in [0.4, 0.5) is 5.95 Å². The van der Waals surface area contributed by atoms with Crippen LogP contribution < -0.4 is 5.32 Å². The summed E-state index contributed by atoms with van der Waals surface area (Å²) in [6.45, 7) is 3.84. The van der Waals surface area contributed by atoms with E-state index in [9.17, 15) is 0 Å². The third-order valence-corrected chi connectivity index (χ3v) is 3.92. The van der Waals surface area contributed by atoms with Gasteiger partial charge in [-0.3, -0.25) is 4.90 Å². The first-order chi connectivity index (χ1) is 9.83. The van der Waals surface area contributed by atoms with Gasteiger partial charge in [-0.05, 0) is 29.7 Å². The molecule has 20 heavy (non-hydrogen) atoms. The van der Waals surface area contributed by atoms with Crippen LogP contribution in [0.1, 0.15) is 11.1 Å². The monoisotopic (exact) mass is 288 g/mol. The summed E-state index contributed by atoms with van der Waals surface area (Å²) in [5.41, 5.74) is 2.66. The molecule has 2 heterocycles. The van der Waals surface area contributed by atoms with Crippen LogP contribution in [0.15, 0.2) is 36.7 Å². The smallest absolute Gasteiger partial charge is 0.222 e. The number of hydrogen-bond donors (Lipinski definition) is 1. The Morgan fingerprint density at radius 1 is 1.20 bits per heavy atom. The van der Waals surface area contributed by atoms with Gasteiger partial charge in [0.25, 0.3) is 0 Å². The van der Waals surface area contributed by atoms with Gasteiger partial charge in [-0.1, -0.05) is 23.7 Å². The number of aromatic nitrogens is 2. The summed E-state index contributed by atoms with van der Waals surface area (Å²) in [6, 6.07) is 7.99. The number of benzene rings is 1. The van der Waals surface area contributed by atoms with Gasteiger partial charge in [-0.2, -0.15) is 0 Å². The van der Waals surface area contributed by atoms with E-state index in [0.29, 0.717) is 5.95 Å². The Labute approximate surface area is 123 Å². The van der Waals surface area contributed by atoms with Crippen LogP contribution in [0.25, 0.3) is 0 Å². The van der Waals surface area contributed by atoms with E-state index in [2.05, 4.69) is 26.3 Å². The molecule has 5 heteroatoms. The van der Waals surface area contributed by atoms with Crippen molar-refractivity contribution in [1.82, 2.24) is 14.9 Å². The van der Waals surface area contributed by atoms with Crippen LogP contribution >= 0.6 is 11.6 Å². The lowest BCUT2D eigenvalue weighted by Gasteiger charge is -2.29. The maximum atomic E-state index is 6.23. The number of hydrogen-bond acceptors (Lipinski definition) is 4. The Balaban J connectivity index is 1.53. The van der Waals surface area contributed by atoms with E-state index in [1.165, 1.54) is 11.1 Å². The van der Waals surface area contributed by atoms with Crippen molar-refractivity contribution in [2.45, 2.75) is 13.0 Å². The fourth-order valence-electron chi connectivity index (χ4n) is 2.53. The summed E-state index contributed by atoms with van der Waals surface area (Å²) in [4.78, 5) is 10.7. The highest BCUT2D eigenvalue weighted by Crippen LogP contribution is 2.25. The molecule has 1 aromatic heterocycles. The van der Waals surface area contributed by atoms with Crippen LogP contribution in [-0.2, 0) is 13.0 Å². The van der Waals surface area contributed by atoms with Crippen LogP contribution in [0.2, 0.25) is 5.02 Å². The minimum atomic E-state index is 0.688. The molecule has 1 aromatic carbocycles. The van der Waals surface area contributed by atoms with E-state index in [1.54, 1.807) is 12.4 Å². The van der Waals surface area contributed by atoms with Crippen LogP contribution in [0.5, 0.6) is 0 Å². The number of anilines is 1. The van der Waals surface area contributed by atoms with Crippen molar-refractivity contribution in [3.05, 3.63) is 52.8 Å². The Morgan fingerprint density at radius 3 is 2.90 bits per heavy atom. The van der Waals surface area contributed by atoms with Gasteiger partial charge in [-0.25, -0.2) is 9.97 Å². The molecule has 2 aromatic rings. The summed E-state index contributed by atoms with van der Waals surface area (Å²) >= 11 is 6.23. The molecule has 4 nitrogen and oxygen atoms in total. The molecular weight excluding hydrogens is 272 g/mol. The van der Waals surface area contributed by atoms with Crippen molar-refractivity contribution in [2.24, 2.45) is 0 Å². The van der Waals surface area contributed by atoms with Gasteiger partial charge in [0.15, 0.2) is 0 Å². The third-order valence-electron chi connectivity index (χ3n) is 3.56. The predicted molar refractivity (Wildman–Crippen MR) is 81.0 cm³/mol. The summed E-state index contributed by atoms with van der Waals surface area (Å²) in [5, 5.41) is 4.14. The molecule has 0 amide bonds. The first-order valence-electron chi connectivity index (χ1n) is 6.82. The van der Waals surface area contributed by atoms with Crippen molar-refractivity contribution in [3.8, 4) is 0 Å². The first kappa shape index (κ1) is 13.3. The lowest BCUT2D eigenvalue weighted by atomic mass is 10.00. The Hall–Kier alpha value is -1.65. The van der Waals surface area contributed by atoms with E-state index < -0.39 is 0 Å². The lowest BCUT2D eigenvalue weighted by Crippen LogP contribution is -2.34. The molecule has 1 aliphatic rings. The molecule has 0 aliphatic carbocycles. The van der Waals surface area contributed by atoms with Gasteiger partial charge in [-0.15, -0.1) is 0 Å². The highest BCUT2D eigenvalue weighted by atomic mass is 35.5. The molecule has 104 valence electrons. The van der Waals surface area contributed by atoms with Gasteiger partial charge >= 0.3 is 0 Å². The van der Waals surface area contributed by atoms with Gasteiger partial charge in [0.05, 0.1) is 0 Å². The highest BCUT2D eigenvalue weighted by Gasteiger charge is 2.17. The summed E-state index contributed by atoms with van der Waals surface area (Å²) in [5.74, 6) is 0.688. The average Bonchev–Trinajstić information content (AvgIpc) is 2.48. The van der Waals surface area contributed by atoms with Gasteiger partial charge < -0.3 is 5.32 Å². The van der Waals surface area contributed by atoms with Gasteiger partial charge in [0, 0.05) is 43.6 Å². The Kier molecular flexibility index (Phi) is 4.14. The maximum absolute atomic E-state index is 6.23. The Morgan fingerprint density at radius 2 is 2.05 bits per heavy atom. The molecule has 0 saturated carbocycles. The minimum Gasteiger partial charge on any atom is -0.353 e. The van der Waals surface area contributed by atoms with Crippen molar-refractivity contribution in [1.29, 1.82) is 0 Å². The van der Waals surface area contributed by atoms with E-state index >= 15 is 0 Å². The zero-order chi connectivity index (χ0) is 13.8. The maximum Gasteiger partial charge on any atom is 0.222 e. The summed E-state index contributed by atoms with van der Waals surface area (Å²) in [6.07, 6.45) is 4.51. The number of halogens is 1. The van der Waals surface area contributed by atoms with E-state index in [4.69, 9.17) is 11.6 Å². The molecule has 1 N–H and O–H groups in total. The SMILES string of the molecule is Clc1cccc2c1CCN(CCNc1ncccn1)C2. The predicted octanol–water partition coefficient (Wildman–Crippen LogP) is 2.60. The molecule has 0 bridgehead atoms. The standard InChI is InChI=1S/C15H17ClN4/c16-14-4-1-3-12-11-20(9-5-13(12)14)10-8-19-15-17-6-2-7-18-15/h1-4,6-7H,5,8-11H2,(H,17,18,19). The zero-order valence-corrected chi connectivity index (χ0v) is 12.0. The molecule has 0 saturated heterocycles. The highest BCUT2D eigenvalue weighted by molar-refractivity contribution is 6.31. The van der Waals surface area contributed by atoms with Crippen molar-refractivity contribution in [2.75, 3.05) is 25.0 Å². The van der Waals surface area contributed by atoms with Gasteiger partial charge in [0.1, 0.15) is 0 Å². The molecule has 3 rings (SSSR count). The normalized spacial score (nSPS) is 14.8. The minimum absolute atomic E-state index is 0.688. The fraction of sp³-hybridized carbons (Fsp3) is 0.333. The van der Waals surface area contributed by atoms with E-state index in [1.807, 2.05) is 18.2 Å². The van der Waals surface area contributed by atoms with Crippen LogP contribution in [-0.4, -0.2) is 34.5 Å². The second kappa shape index (κ2) is 6.20. The first-order valence-corrected chi connectivity index (χ1v) is 7.20. The quantitative estimate of drug-likeness (QED) is 0.939.